The molecule has 14 nitrogen and oxygen atoms in total. The Hall–Kier alpha value is -5.06. The van der Waals surface area contributed by atoms with Crippen LogP contribution in [0, 0.1) is 17.8 Å². The number of likely N-dealkylation sites (N-methyl/N-ethyl adjacent to an activating group) is 1. The molecule has 1 aliphatic heterocycles. The van der Waals surface area contributed by atoms with E-state index in [2.05, 4.69) is 23.3 Å². The molecule has 0 spiro atoms. The number of rotatable bonds is 19. The summed E-state index contributed by atoms with van der Waals surface area (Å²) in [5.41, 5.74) is 2.79. The lowest BCUT2D eigenvalue weighted by Gasteiger charge is -2.59. The second-order valence-corrected chi connectivity index (χ2v) is 19.4. The van der Waals surface area contributed by atoms with Crippen molar-refractivity contribution in [1.82, 2.24) is 9.62 Å². The highest BCUT2D eigenvalue weighted by atomic mass is 32.2. The summed E-state index contributed by atoms with van der Waals surface area (Å²) >= 11 is 0. The number of oxime groups is 1. The predicted octanol–water partition coefficient (Wildman–Crippen LogP) is 7.69. The van der Waals surface area contributed by atoms with Crippen LogP contribution in [-0.2, 0) is 30.9 Å². The molecule has 15 heteroatoms. The van der Waals surface area contributed by atoms with Crippen LogP contribution in [0.25, 0.3) is 0 Å². The maximum absolute atomic E-state index is 14.8. The number of amides is 2. The SMILES string of the molecule is C=CCO[C@@]12Oc3ccc(OC(=O)NCc4ccccc4)cc3[C@H]3[C@H](CCCCO)[C@@H](CCCCO)C=C(C(=NOC(C)(C)C)C[C@@H]1N(C)S(=O)(=O)c1ccc(NC(C)=O)cc1)[C@H]32. The van der Waals surface area contributed by atoms with Gasteiger partial charge in [0.25, 0.3) is 0 Å². The molecule has 2 aliphatic carbocycles. The summed E-state index contributed by atoms with van der Waals surface area (Å²) in [6, 6.07) is 19.7. The second-order valence-electron chi connectivity index (χ2n) is 17.4. The van der Waals surface area contributed by atoms with Crippen LogP contribution in [0.2, 0.25) is 0 Å². The van der Waals surface area contributed by atoms with Gasteiger partial charge in [-0.2, -0.15) is 4.31 Å². The van der Waals surface area contributed by atoms with Crippen LogP contribution in [0.15, 0.2) is 107 Å². The summed E-state index contributed by atoms with van der Waals surface area (Å²) in [6.07, 6.45) is 7.34. The molecule has 3 aromatic rings. The van der Waals surface area contributed by atoms with Crippen molar-refractivity contribution in [3.8, 4) is 11.5 Å². The van der Waals surface area contributed by atoms with E-state index in [1.165, 1.54) is 42.5 Å². The van der Waals surface area contributed by atoms with Crippen LogP contribution >= 0.6 is 0 Å². The molecule has 1 saturated carbocycles. The van der Waals surface area contributed by atoms with E-state index in [4.69, 9.17) is 24.2 Å². The molecular weight excluding hydrogens is 825 g/mol. The zero-order valence-electron chi connectivity index (χ0n) is 36.9. The number of carbonyl (C=O) groups is 2. The van der Waals surface area contributed by atoms with E-state index in [9.17, 15) is 28.2 Å². The van der Waals surface area contributed by atoms with E-state index in [-0.39, 0.29) is 55.4 Å². The molecule has 0 bridgehead atoms. The maximum atomic E-state index is 14.8. The summed E-state index contributed by atoms with van der Waals surface area (Å²) in [7, 11) is -2.75. The van der Waals surface area contributed by atoms with Gasteiger partial charge in [0.1, 0.15) is 17.1 Å². The average Bonchev–Trinajstić information content (AvgIpc) is 3.25. The number of hydrogen-bond donors (Lipinski definition) is 4. The molecule has 0 aromatic heterocycles. The van der Waals surface area contributed by atoms with E-state index in [0.29, 0.717) is 48.6 Å². The molecule has 0 unspecified atom stereocenters. The number of ether oxygens (including phenoxy) is 3. The van der Waals surface area contributed by atoms with Crippen molar-refractivity contribution >= 4 is 33.4 Å². The zero-order chi connectivity index (χ0) is 45.4. The molecule has 63 heavy (non-hydrogen) atoms. The first kappa shape index (κ1) is 47.4. The smallest absolute Gasteiger partial charge is 0.412 e. The van der Waals surface area contributed by atoms with Gasteiger partial charge < -0.3 is 39.9 Å². The van der Waals surface area contributed by atoms with Crippen molar-refractivity contribution in [1.29, 1.82) is 0 Å². The van der Waals surface area contributed by atoms with E-state index in [1.807, 2.05) is 57.2 Å². The van der Waals surface area contributed by atoms with Crippen LogP contribution in [0.1, 0.15) is 89.7 Å². The van der Waals surface area contributed by atoms with Gasteiger partial charge in [0.15, 0.2) is 0 Å². The lowest BCUT2D eigenvalue weighted by molar-refractivity contribution is -0.250. The zero-order valence-corrected chi connectivity index (χ0v) is 37.7. The molecule has 6 atom stereocenters. The second kappa shape index (κ2) is 20.6. The van der Waals surface area contributed by atoms with Gasteiger partial charge in [-0.1, -0.05) is 60.5 Å². The van der Waals surface area contributed by atoms with Crippen LogP contribution in [0.5, 0.6) is 11.5 Å². The molecular formula is C48H62N4O10S. The Labute approximate surface area is 371 Å². The van der Waals surface area contributed by atoms with Gasteiger partial charge in [-0.05, 0) is 112 Å². The van der Waals surface area contributed by atoms with Crippen molar-refractivity contribution in [2.45, 2.75) is 107 Å². The fourth-order valence-corrected chi connectivity index (χ4v) is 10.5. The van der Waals surface area contributed by atoms with E-state index >= 15 is 0 Å². The first-order chi connectivity index (χ1) is 30.1. The summed E-state index contributed by atoms with van der Waals surface area (Å²) in [4.78, 5) is 31.1. The first-order valence-corrected chi connectivity index (χ1v) is 23.2. The molecule has 3 aromatic carbocycles. The number of anilines is 1. The van der Waals surface area contributed by atoms with Crippen molar-refractivity contribution in [2.75, 3.05) is 32.2 Å². The van der Waals surface area contributed by atoms with Gasteiger partial charge in [-0.25, -0.2) is 13.2 Å². The number of nitrogens with zero attached hydrogens (tertiary/aromatic N) is 2. The summed E-state index contributed by atoms with van der Waals surface area (Å²) in [5.74, 6) is -2.38. The number of aliphatic hydroxyl groups is 2. The fourth-order valence-electron chi connectivity index (χ4n) is 9.12. The van der Waals surface area contributed by atoms with Crippen molar-refractivity contribution in [3.05, 3.63) is 108 Å². The normalized spacial score (nSPS) is 23.5. The lowest BCUT2D eigenvalue weighted by atomic mass is 9.55. The Morgan fingerprint density at radius 2 is 1.70 bits per heavy atom. The van der Waals surface area contributed by atoms with Crippen LogP contribution < -0.4 is 20.1 Å². The fraction of sp³-hybridized carbons (Fsp3) is 0.479. The number of allylic oxidation sites excluding steroid dienone is 1. The minimum atomic E-state index is -4.26. The molecule has 0 radical (unpaired) electrons. The number of fused-ring (bicyclic) bond motifs is 2. The van der Waals surface area contributed by atoms with Gasteiger partial charge in [0, 0.05) is 57.3 Å². The van der Waals surface area contributed by atoms with Crippen molar-refractivity contribution < 1.29 is 47.3 Å². The number of nitrogens with one attached hydrogen (secondary N) is 2. The van der Waals surface area contributed by atoms with Crippen molar-refractivity contribution in [2.24, 2.45) is 22.9 Å². The third-order valence-corrected chi connectivity index (χ3v) is 13.7. The minimum absolute atomic E-state index is 0.00157. The molecule has 1 heterocycles. The van der Waals surface area contributed by atoms with Gasteiger partial charge >= 0.3 is 6.09 Å². The van der Waals surface area contributed by atoms with E-state index in [1.54, 1.807) is 18.2 Å². The Balaban J connectivity index is 1.54. The highest BCUT2D eigenvalue weighted by molar-refractivity contribution is 7.89. The third-order valence-electron chi connectivity index (χ3n) is 11.9. The molecule has 4 N–H and O–H groups in total. The summed E-state index contributed by atoms with van der Waals surface area (Å²) < 4.78 is 50.9. The number of carbonyl (C=O) groups excluding carboxylic acids is 2. The van der Waals surface area contributed by atoms with Crippen LogP contribution in [0.3, 0.4) is 0 Å². The largest absolute Gasteiger partial charge is 0.460 e. The highest BCUT2D eigenvalue weighted by Gasteiger charge is 2.65. The number of hydrogen-bond acceptors (Lipinski definition) is 11. The third kappa shape index (κ3) is 11.0. The van der Waals surface area contributed by atoms with E-state index in [0.717, 1.165) is 29.5 Å². The van der Waals surface area contributed by atoms with Crippen LogP contribution in [-0.4, -0.2) is 84.9 Å². The summed E-state index contributed by atoms with van der Waals surface area (Å²) in [5, 5.41) is 30.1. The molecule has 2 amide bonds. The summed E-state index contributed by atoms with van der Waals surface area (Å²) in [6.45, 7) is 11.4. The topological polar surface area (TPSA) is 185 Å². The molecule has 340 valence electrons. The molecule has 6 rings (SSSR count). The monoisotopic (exact) mass is 886 g/mol. The van der Waals surface area contributed by atoms with Gasteiger partial charge in [-0.15, -0.1) is 6.58 Å². The standard InChI is InChI=1S/C48H62N4O10S/c1-7-27-59-48-43(52(6)63(57,58)37-22-19-35(20-23-37)50-32(2)55)30-41(51-62-47(3,4)5)39-28-34(17-11-13-25-53)38(18-12-14-26-54)44(45(39)48)40-29-36(21-24-42(40)61-48)60-46(56)49-31-33-15-9-8-10-16-33/h7-10,15-16,19-24,28-29,34,38,43-45,53-54H,1,11-14,17-18,25-27,30-31H2,2-6H3,(H,49,56)(H,50,55)/t34-,38+,43-,44+,45+,48+/m0/s1. The first-order valence-electron chi connectivity index (χ1n) is 21.7. The Morgan fingerprint density at radius 1 is 1.00 bits per heavy atom. The lowest BCUT2D eigenvalue weighted by Crippen LogP contribution is -2.69. The Morgan fingerprint density at radius 3 is 2.35 bits per heavy atom. The molecule has 0 saturated heterocycles. The molecule has 3 aliphatic rings. The number of sulfonamides is 1. The maximum Gasteiger partial charge on any atom is 0.412 e. The van der Waals surface area contributed by atoms with Gasteiger partial charge in [-0.3, -0.25) is 4.79 Å². The Kier molecular flexibility index (Phi) is 15.5. The number of benzene rings is 3. The Bertz CT molecular complexity index is 2240. The quantitative estimate of drug-likeness (QED) is 0.0529. The predicted molar refractivity (Wildman–Crippen MR) is 241 cm³/mol. The molecule has 1 fully saturated rings. The van der Waals surface area contributed by atoms with E-state index < -0.39 is 45.4 Å². The van der Waals surface area contributed by atoms with Crippen LogP contribution in [0.4, 0.5) is 10.5 Å². The number of unbranched alkanes of at least 4 members (excludes halogenated alkanes) is 2. The minimum Gasteiger partial charge on any atom is -0.460 e. The highest BCUT2D eigenvalue weighted by Crippen LogP contribution is 2.62. The van der Waals surface area contributed by atoms with Gasteiger partial charge in [0.05, 0.1) is 29.2 Å². The number of aliphatic hydroxyl groups excluding tert-OH is 2. The van der Waals surface area contributed by atoms with Crippen molar-refractivity contribution in [3.63, 3.8) is 0 Å². The van der Waals surface area contributed by atoms with Gasteiger partial charge in [0.2, 0.25) is 21.7 Å². The average molecular weight is 887 g/mol.